The summed E-state index contributed by atoms with van der Waals surface area (Å²) in [7, 11) is 0.654. The minimum atomic E-state index is -4.28. The summed E-state index contributed by atoms with van der Waals surface area (Å²) < 4.78 is 20.1. The molecule has 2 amide bonds. The molecule has 0 aromatic carbocycles. The van der Waals surface area contributed by atoms with Crippen molar-refractivity contribution in [2.45, 2.75) is 0 Å². The molecule has 1 rings (SSSR count). The fourth-order valence-electron chi connectivity index (χ4n) is 0.598. The van der Waals surface area contributed by atoms with Gasteiger partial charge < -0.3 is 5.73 Å². The monoisotopic (exact) mass is 211 g/mol. The van der Waals surface area contributed by atoms with E-state index in [-0.39, 0.29) is 0 Å². The van der Waals surface area contributed by atoms with Crippen LogP contribution in [0.1, 0.15) is 0 Å². The smallest absolute Gasteiger partial charge is 0.315 e. The van der Waals surface area contributed by atoms with Crippen molar-refractivity contribution in [1.82, 2.24) is 0 Å². The van der Waals surface area contributed by atoms with Gasteiger partial charge in [0.05, 0.1) is 15.9 Å². The summed E-state index contributed by atoms with van der Waals surface area (Å²) in [5.41, 5.74) is 4.78. The highest BCUT2D eigenvalue weighted by Gasteiger charge is 2.50. The molecule has 0 aromatic heterocycles. The first-order valence-electron chi connectivity index (χ1n) is 2.64. The molecular weight excluding hydrogens is 208 g/mol. The van der Waals surface area contributed by atoms with Gasteiger partial charge in [-0.3, -0.25) is 0 Å². The van der Waals surface area contributed by atoms with E-state index in [1.807, 2.05) is 0 Å². The number of carbonyl (C=O) groups is 1. The third-order valence-electron chi connectivity index (χ3n) is 1.17. The molecule has 1 aliphatic rings. The Bertz CT molecular complexity index is 359. The summed E-state index contributed by atoms with van der Waals surface area (Å²) >= 11 is 0. The summed E-state index contributed by atoms with van der Waals surface area (Å²) in [6, 6.07) is -1.23. The van der Waals surface area contributed by atoms with Gasteiger partial charge in [0, 0.05) is 4.00 Å². The minimum absolute atomic E-state index is 0.866. The Morgan fingerprint density at radius 1 is 1.58 bits per heavy atom. The molecule has 0 saturated carbocycles. The van der Waals surface area contributed by atoms with Crippen LogP contribution in [0.2, 0.25) is 0 Å². The summed E-state index contributed by atoms with van der Waals surface area (Å²) in [6.45, 7) is 0. The number of hydrogen-bond donors (Lipinski definition) is 1. The fraction of sp³-hybridized carbons (Fsp3) is 0. The average molecular weight is 212 g/mol. The lowest BCUT2D eigenvalue weighted by molar-refractivity contribution is -0.666. The number of nitrogens with two attached hydrogens (primary N) is 1. The maximum Gasteiger partial charge on any atom is 0.463 e. The molecule has 66 valence electrons. The van der Waals surface area contributed by atoms with Crippen molar-refractivity contribution in [3.63, 3.8) is 0 Å². The zero-order valence-electron chi connectivity index (χ0n) is 5.58. The standard InChI is InChI=1S/C3H3ClN4O3S/c4-12(10,11)8(3(5)9)2-1-6-7-8/h1-2H,(H-,5,9)/p+1. The van der Waals surface area contributed by atoms with Crippen LogP contribution in [0.5, 0.6) is 0 Å². The number of amides is 2. The van der Waals surface area contributed by atoms with E-state index in [1.54, 1.807) is 0 Å². The Kier molecular flexibility index (Phi) is 1.90. The van der Waals surface area contributed by atoms with E-state index >= 15 is 0 Å². The average Bonchev–Trinajstić information content (AvgIpc) is 2.31. The Labute approximate surface area is 72.2 Å². The topological polar surface area (TPSA) is 102 Å². The quantitative estimate of drug-likeness (QED) is 0.496. The molecule has 7 nitrogen and oxygen atoms in total. The minimum Gasteiger partial charge on any atom is -0.315 e. The molecule has 0 fully saturated rings. The maximum atomic E-state index is 10.8. The molecule has 1 heterocycles. The zero-order valence-corrected chi connectivity index (χ0v) is 7.16. The first-order valence-corrected chi connectivity index (χ1v) is 4.90. The largest absolute Gasteiger partial charge is 0.463 e. The Hall–Kier alpha value is -0.990. The molecule has 9 heteroatoms. The van der Waals surface area contributed by atoms with Crippen LogP contribution in [0.4, 0.5) is 4.79 Å². The molecule has 0 spiro atoms. The van der Waals surface area contributed by atoms with Crippen molar-refractivity contribution in [1.29, 1.82) is 0 Å². The van der Waals surface area contributed by atoms with Gasteiger partial charge in [-0.25, -0.2) is 4.79 Å². The second kappa shape index (κ2) is 2.51. The molecule has 0 aromatic rings. The highest BCUT2D eigenvalue weighted by atomic mass is 35.7. The summed E-state index contributed by atoms with van der Waals surface area (Å²) in [4.78, 5) is 10.7. The van der Waals surface area contributed by atoms with Crippen LogP contribution in [0, 0.1) is 0 Å². The fourth-order valence-corrected chi connectivity index (χ4v) is 1.57. The molecule has 0 aliphatic carbocycles. The SMILES string of the molecule is NC(=O)[N+]1(S(=O)(=O)Cl)C=CN=N1. The van der Waals surface area contributed by atoms with Crippen LogP contribution < -0.4 is 5.73 Å². The summed E-state index contributed by atoms with van der Waals surface area (Å²) in [6.07, 6.45) is 1.88. The number of halogens is 1. The third-order valence-corrected chi connectivity index (χ3v) is 2.84. The summed E-state index contributed by atoms with van der Waals surface area (Å²) in [5.74, 6) is 0. The lowest BCUT2D eigenvalue weighted by atomic mass is 10.8. The number of hydrogen-bond acceptors (Lipinski definition) is 5. The van der Waals surface area contributed by atoms with Gasteiger partial charge in [0.25, 0.3) is 0 Å². The normalized spacial score (nSPS) is 27.8. The Balaban J connectivity index is 3.33. The zero-order chi connectivity index (χ0) is 9.41. The molecule has 0 radical (unpaired) electrons. The Morgan fingerprint density at radius 3 is 2.33 bits per heavy atom. The second-order valence-electron chi connectivity index (χ2n) is 1.88. The van der Waals surface area contributed by atoms with Crippen molar-refractivity contribution >= 4 is 26.0 Å². The number of quaternary nitrogens is 1. The van der Waals surface area contributed by atoms with Crippen molar-refractivity contribution in [3.05, 3.63) is 12.4 Å². The van der Waals surface area contributed by atoms with Gasteiger partial charge in [0.1, 0.15) is 6.20 Å². The number of carbonyl (C=O) groups excluding carboxylic acids is 1. The van der Waals surface area contributed by atoms with E-state index in [0.29, 0.717) is 0 Å². The van der Waals surface area contributed by atoms with Crippen LogP contribution in [0.25, 0.3) is 0 Å². The molecule has 1 aliphatic heterocycles. The highest BCUT2D eigenvalue weighted by molar-refractivity contribution is 8.09. The molecule has 0 bridgehead atoms. The van der Waals surface area contributed by atoms with Crippen molar-refractivity contribution < 1.29 is 17.2 Å². The van der Waals surface area contributed by atoms with Gasteiger partial charge >= 0.3 is 15.3 Å². The number of urea groups is 1. The number of nitrogens with zero attached hydrogens (tertiary/aromatic N) is 3. The van der Waals surface area contributed by atoms with Gasteiger partial charge in [-0.15, -0.1) is 5.11 Å². The van der Waals surface area contributed by atoms with E-state index < -0.39 is 19.3 Å². The van der Waals surface area contributed by atoms with Crippen LogP contribution in [-0.4, -0.2) is 18.4 Å². The number of primary amides is 1. The van der Waals surface area contributed by atoms with Crippen molar-refractivity contribution in [2.75, 3.05) is 0 Å². The van der Waals surface area contributed by atoms with Gasteiger partial charge in [-0.2, -0.15) is 8.42 Å². The van der Waals surface area contributed by atoms with E-state index in [1.165, 1.54) is 0 Å². The van der Waals surface area contributed by atoms with E-state index in [0.717, 1.165) is 12.4 Å². The van der Waals surface area contributed by atoms with Gasteiger partial charge in [-0.1, -0.05) is 0 Å². The second-order valence-corrected chi connectivity index (χ2v) is 4.43. The van der Waals surface area contributed by atoms with Gasteiger partial charge in [0.2, 0.25) is 0 Å². The van der Waals surface area contributed by atoms with Crippen molar-refractivity contribution in [2.24, 2.45) is 16.1 Å². The molecular formula is C3H4ClN4O3S+. The van der Waals surface area contributed by atoms with Crippen LogP contribution in [-0.2, 0) is 9.24 Å². The number of rotatable bonds is 1. The molecule has 0 saturated heterocycles. The Morgan fingerprint density at radius 2 is 2.17 bits per heavy atom. The third kappa shape index (κ3) is 1.09. The highest BCUT2D eigenvalue weighted by Crippen LogP contribution is 2.25. The van der Waals surface area contributed by atoms with E-state index in [2.05, 4.69) is 10.3 Å². The van der Waals surface area contributed by atoms with Crippen molar-refractivity contribution in [3.8, 4) is 0 Å². The van der Waals surface area contributed by atoms with Crippen LogP contribution in [0.3, 0.4) is 0 Å². The summed E-state index contributed by atoms with van der Waals surface area (Å²) in [5, 5.41) is 6.27. The van der Waals surface area contributed by atoms with Crippen LogP contribution >= 0.6 is 10.7 Å². The first kappa shape index (κ1) is 9.10. The molecule has 2 N–H and O–H groups in total. The predicted octanol–water partition coefficient (Wildman–Crippen LogP) is 0.218. The molecule has 1 unspecified atom stereocenters. The molecule has 1 atom stereocenters. The lowest BCUT2D eigenvalue weighted by Gasteiger charge is -2.12. The van der Waals surface area contributed by atoms with E-state index in [9.17, 15) is 13.2 Å². The van der Waals surface area contributed by atoms with Gasteiger partial charge in [0.15, 0.2) is 6.20 Å². The van der Waals surface area contributed by atoms with E-state index in [4.69, 9.17) is 16.4 Å². The lowest BCUT2D eigenvalue weighted by Crippen LogP contribution is -2.47. The molecule has 12 heavy (non-hydrogen) atoms. The first-order chi connectivity index (χ1) is 5.40. The van der Waals surface area contributed by atoms with Crippen LogP contribution in [0.15, 0.2) is 22.7 Å². The van der Waals surface area contributed by atoms with Gasteiger partial charge in [-0.05, 0) is 0 Å². The maximum absolute atomic E-state index is 10.8. The predicted molar refractivity (Wildman–Crippen MR) is 38.6 cm³/mol.